The number of aliphatic hydroxyl groups is 1. The lowest BCUT2D eigenvalue weighted by Crippen LogP contribution is -2.60. The zero-order valence-electron chi connectivity index (χ0n) is 11.0. The number of para-hydroxylation sites is 1. The molecule has 1 aliphatic rings. The molecule has 0 aromatic heterocycles. The summed E-state index contributed by atoms with van der Waals surface area (Å²) in [6, 6.07) is 6.78. The van der Waals surface area contributed by atoms with Crippen molar-refractivity contribution < 1.29 is 18.6 Å². The lowest BCUT2D eigenvalue weighted by atomic mass is 9.89. The number of nitrogens with zero attached hydrogens (tertiary/aromatic N) is 1. The molecule has 1 aromatic rings. The Hall–Kier alpha value is -1.20. The smallest absolute Gasteiger partial charge is 0.387 e. The van der Waals surface area contributed by atoms with Gasteiger partial charge in [-0.05, 0) is 12.5 Å². The molecule has 106 valence electrons. The summed E-state index contributed by atoms with van der Waals surface area (Å²) in [4.78, 5) is 2.03. The minimum Gasteiger partial charge on any atom is -0.434 e. The molecule has 0 unspecified atom stereocenters. The summed E-state index contributed by atoms with van der Waals surface area (Å²) in [7, 11) is 0. The lowest BCUT2D eigenvalue weighted by molar-refractivity contribution is -0.107. The second kappa shape index (κ2) is 5.84. The van der Waals surface area contributed by atoms with E-state index in [9.17, 15) is 13.9 Å². The lowest BCUT2D eigenvalue weighted by Gasteiger charge is -2.46. The van der Waals surface area contributed by atoms with E-state index in [0.717, 1.165) is 18.4 Å². The topological polar surface area (TPSA) is 32.7 Å². The maximum absolute atomic E-state index is 12.3. The molecule has 5 heteroatoms. The van der Waals surface area contributed by atoms with Crippen LogP contribution in [0.5, 0.6) is 5.75 Å². The normalized spacial score (nSPS) is 18.4. The van der Waals surface area contributed by atoms with Crippen molar-refractivity contribution >= 4 is 0 Å². The zero-order valence-corrected chi connectivity index (χ0v) is 11.0. The first-order valence-electron chi connectivity index (χ1n) is 6.50. The van der Waals surface area contributed by atoms with Crippen LogP contribution in [0.2, 0.25) is 0 Å². The quantitative estimate of drug-likeness (QED) is 0.863. The summed E-state index contributed by atoms with van der Waals surface area (Å²) in [5, 5.41) is 10.1. The van der Waals surface area contributed by atoms with Crippen molar-refractivity contribution in [3.63, 3.8) is 0 Å². The van der Waals surface area contributed by atoms with Crippen LogP contribution < -0.4 is 4.74 Å². The van der Waals surface area contributed by atoms with Crippen LogP contribution in [0.25, 0.3) is 0 Å². The highest BCUT2D eigenvalue weighted by Gasteiger charge is 2.40. The summed E-state index contributed by atoms with van der Waals surface area (Å²) in [5.74, 6) is 0.212. The highest BCUT2D eigenvalue weighted by Crippen LogP contribution is 2.29. The van der Waals surface area contributed by atoms with Crippen molar-refractivity contribution in [3.8, 4) is 5.75 Å². The number of benzene rings is 1. The van der Waals surface area contributed by atoms with Gasteiger partial charge in [-0.3, -0.25) is 4.90 Å². The molecule has 0 spiro atoms. The summed E-state index contributed by atoms with van der Waals surface area (Å²) in [6.45, 7) is 0.921. The molecule has 1 aromatic carbocycles. The SMILES string of the molecule is CCCC1(O)CN(Cc2ccccc2OC(F)F)C1. The van der Waals surface area contributed by atoms with E-state index in [1.54, 1.807) is 24.3 Å². The van der Waals surface area contributed by atoms with Crippen LogP contribution in [0.15, 0.2) is 24.3 Å². The fraction of sp³-hybridized carbons (Fsp3) is 0.571. The number of rotatable bonds is 6. The van der Waals surface area contributed by atoms with E-state index >= 15 is 0 Å². The number of hydrogen-bond acceptors (Lipinski definition) is 3. The molecule has 1 aliphatic heterocycles. The molecular formula is C14H19F2NO2. The third-order valence-electron chi connectivity index (χ3n) is 3.33. The van der Waals surface area contributed by atoms with E-state index < -0.39 is 12.2 Å². The van der Waals surface area contributed by atoms with Gasteiger partial charge in [-0.25, -0.2) is 0 Å². The minimum atomic E-state index is -2.81. The molecule has 1 saturated heterocycles. The molecule has 0 radical (unpaired) electrons. The average Bonchev–Trinajstić information content (AvgIpc) is 2.29. The standard InChI is InChI=1S/C14H19F2NO2/c1-2-7-14(18)9-17(10-14)8-11-5-3-4-6-12(11)19-13(15)16/h3-6,13,18H,2,7-10H2,1H3. The Morgan fingerprint density at radius 1 is 1.37 bits per heavy atom. The Morgan fingerprint density at radius 2 is 2.05 bits per heavy atom. The Balaban J connectivity index is 1.94. The summed E-state index contributed by atoms with van der Waals surface area (Å²) in [6.07, 6.45) is 1.72. The second-order valence-electron chi connectivity index (χ2n) is 5.11. The fourth-order valence-corrected chi connectivity index (χ4v) is 2.61. The van der Waals surface area contributed by atoms with Gasteiger partial charge in [0.05, 0.1) is 5.60 Å². The van der Waals surface area contributed by atoms with Crippen LogP contribution in [-0.2, 0) is 6.54 Å². The fourth-order valence-electron chi connectivity index (χ4n) is 2.61. The average molecular weight is 271 g/mol. The van der Waals surface area contributed by atoms with Gasteiger partial charge >= 0.3 is 6.61 Å². The number of ether oxygens (including phenoxy) is 1. The Morgan fingerprint density at radius 3 is 2.68 bits per heavy atom. The van der Waals surface area contributed by atoms with E-state index in [0.29, 0.717) is 19.6 Å². The van der Waals surface area contributed by atoms with Crippen molar-refractivity contribution in [1.82, 2.24) is 4.90 Å². The highest BCUT2D eigenvalue weighted by molar-refractivity contribution is 5.33. The number of alkyl halides is 2. The first-order chi connectivity index (χ1) is 9.02. The molecule has 0 saturated carbocycles. The highest BCUT2D eigenvalue weighted by atomic mass is 19.3. The van der Waals surface area contributed by atoms with E-state index in [1.807, 2.05) is 11.8 Å². The third-order valence-corrected chi connectivity index (χ3v) is 3.33. The second-order valence-corrected chi connectivity index (χ2v) is 5.11. The number of β-amino-alcohol motifs (C(OH)–C–C–N with tert-alkyl or cyclic N) is 1. The largest absolute Gasteiger partial charge is 0.434 e. The van der Waals surface area contributed by atoms with Gasteiger partial charge in [-0.15, -0.1) is 0 Å². The minimum absolute atomic E-state index is 0.212. The number of halogens is 2. The van der Waals surface area contributed by atoms with Gasteiger partial charge in [-0.1, -0.05) is 31.5 Å². The number of likely N-dealkylation sites (tertiary alicyclic amines) is 1. The molecule has 2 rings (SSSR count). The van der Waals surface area contributed by atoms with E-state index in [1.165, 1.54) is 0 Å². The van der Waals surface area contributed by atoms with Gasteiger partial charge in [0.15, 0.2) is 0 Å². The van der Waals surface area contributed by atoms with Crippen molar-refractivity contribution in [2.75, 3.05) is 13.1 Å². The van der Waals surface area contributed by atoms with Gasteiger partial charge < -0.3 is 9.84 Å². The van der Waals surface area contributed by atoms with E-state index in [2.05, 4.69) is 4.74 Å². The van der Waals surface area contributed by atoms with E-state index in [-0.39, 0.29) is 5.75 Å². The van der Waals surface area contributed by atoms with Gasteiger partial charge in [0.2, 0.25) is 0 Å². The molecule has 0 atom stereocenters. The van der Waals surface area contributed by atoms with Gasteiger partial charge in [0.1, 0.15) is 5.75 Å². The molecular weight excluding hydrogens is 252 g/mol. The van der Waals surface area contributed by atoms with Crippen molar-refractivity contribution in [2.45, 2.75) is 38.5 Å². The Labute approximate surface area is 111 Å². The maximum Gasteiger partial charge on any atom is 0.387 e. The zero-order chi connectivity index (χ0) is 13.9. The predicted octanol–water partition coefficient (Wildman–Crippen LogP) is 2.63. The first kappa shape index (κ1) is 14.2. The van der Waals surface area contributed by atoms with Crippen LogP contribution in [0.4, 0.5) is 8.78 Å². The van der Waals surface area contributed by atoms with Crippen LogP contribution in [0.1, 0.15) is 25.3 Å². The summed E-state index contributed by atoms with van der Waals surface area (Å²) >= 11 is 0. The molecule has 1 N–H and O–H groups in total. The van der Waals surface area contributed by atoms with E-state index in [4.69, 9.17) is 0 Å². The van der Waals surface area contributed by atoms with Gasteiger partial charge in [0.25, 0.3) is 0 Å². The summed E-state index contributed by atoms with van der Waals surface area (Å²) in [5.41, 5.74) is 0.120. The number of hydrogen-bond donors (Lipinski definition) is 1. The van der Waals surface area contributed by atoms with Crippen molar-refractivity contribution in [1.29, 1.82) is 0 Å². The molecule has 19 heavy (non-hydrogen) atoms. The molecule has 0 amide bonds. The van der Waals surface area contributed by atoms with Crippen molar-refractivity contribution in [2.24, 2.45) is 0 Å². The van der Waals surface area contributed by atoms with Crippen molar-refractivity contribution in [3.05, 3.63) is 29.8 Å². The molecule has 0 aliphatic carbocycles. The molecule has 1 heterocycles. The van der Waals surface area contributed by atoms with Crippen LogP contribution >= 0.6 is 0 Å². The van der Waals surface area contributed by atoms with Crippen LogP contribution in [0, 0.1) is 0 Å². The molecule has 3 nitrogen and oxygen atoms in total. The Kier molecular flexibility index (Phi) is 4.37. The maximum atomic E-state index is 12.3. The van der Waals surface area contributed by atoms with Gasteiger partial charge in [-0.2, -0.15) is 8.78 Å². The summed E-state index contributed by atoms with van der Waals surface area (Å²) < 4.78 is 29.1. The Bertz CT molecular complexity index is 420. The van der Waals surface area contributed by atoms with Crippen LogP contribution in [-0.4, -0.2) is 35.3 Å². The van der Waals surface area contributed by atoms with Crippen LogP contribution in [0.3, 0.4) is 0 Å². The molecule has 1 fully saturated rings. The third kappa shape index (κ3) is 3.64. The molecule has 0 bridgehead atoms. The predicted molar refractivity (Wildman–Crippen MR) is 68.2 cm³/mol. The first-order valence-corrected chi connectivity index (χ1v) is 6.50. The van der Waals surface area contributed by atoms with Gasteiger partial charge in [0, 0.05) is 25.2 Å². The monoisotopic (exact) mass is 271 g/mol.